The van der Waals surface area contributed by atoms with Crippen molar-refractivity contribution in [1.29, 1.82) is 0 Å². The van der Waals surface area contributed by atoms with Crippen molar-refractivity contribution in [2.45, 2.75) is 45.3 Å². The van der Waals surface area contributed by atoms with Crippen LogP contribution in [0.4, 0.5) is 5.69 Å². The number of aliphatic hydroxyl groups excluding tert-OH is 1. The first kappa shape index (κ1) is 12.4. The Morgan fingerprint density at radius 1 is 1.24 bits per heavy atom. The minimum absolute atomic E-state index is 0.127. The van der Waals surface area contributed by atoms with Crippen LogP contribution in [-0.4, -0.2) is 18.2 Å². The predicted octanol–water partition coefficient (Wildman–Crippen LogP) is 3.19. The molecule has 1 saturated carbocycles. The normalized spacial score (nSPS) is 24.6. The third-order valence-corrected chi connectivity index (χ3v) is 4.11. The molecule has 1 aliphatic carbocycles. The molecule has 1 aliphatic rings. The van der Waals surface area contributed by atoms with Gasteiger partial charge in [-0.2, -0.15) is 0 Å². The van der Waals surface area contributed by atoms with Crippen molar-refractivity contribution in [3.8, 4) is 0 Å². The number of anilines is 1. The Bertz CT molecular complexity index is 364. The van der Waals surface area contributed by atoms with E-state index in [1.165, 1.54) is 31.4 Å². The summed E-state index contributed by atoms with van der Waals surface area (Å²) >= 11 is 0. The fourth-order valence-corrected chi connectivity index (χ4v) is 3.04. The molecular weight excluding hydrogens is 210 g/mol. The van der Waals surface area contributed by atoms with Gasteiger partial charge in [0.2, 0.25) is 0 Å². The van der Waals surface area contributed by atoms with Crippen LogP contribution in [0.2, 0.25) is 0 Å². The number of hydrogen-bond donors (Lipinski definition) is 1. The summed E-state index contributed by atoms with van der Waals surface area (Å²) in [5.74, 6) is 0.750. The van der Waals surface area contributed by atoms with Crippen molar-refractivity contribution in [3.05, 3.63) is 29.8 Å². The summed E-state index contributed by atoms with van der Waals surface area (Å²) in [7, 11) is 2.17. The molecule has 0 saturated heterocycles. The van der Waals surface area contributed by atoms with E-state index in [4.69, 9.17) is 0 Å². The fraction of sp³-hybridized carbons (Fsp3) is 0.600. The van der Waals surface area contributed by atoms with Crippen LogP contribution < -0.4 is 4.90 Å². The summed E-state index contributed by atoms with van der Waals surface area (Å²) in [6, 6.07) is 8.80. The third-order valence-electron chi connectivity index (χ3n) is 4.11. The van der Waals surface area contributed by atoms with Crippen LogP contribution in [0.5, 0.6) is 0 Å². The minimum Gasteiger partial charge on any atom is -0.392 e. The van der Waals surface area contributed by atoms with Crippen molar-refractivity contribution < 1.29 is 5.11 Å². The van der Waals surface area contributed by atoms with Crippen LogP contribution in [0.15, 0.2) is 24.3 Å². The van der Waals surface area contributed by atoms with Gasteiger partial charge in [-0.25, -0.2) is 0 Å². The topological polar surface area (TPSA) is 23.5 Å². The Labute approximate surface area is 104 Å². The van der Waals surface area contributed by atoms with Gasteiger partial charge in [0.15, 0.2) is 0 Å². The van der Waals surface area contributed by atoms with Gasteiger partial charge in [0.1, 0.15) is 0 Å². The van der Waals surface area contributed by atoms with Gasteiger partial charge in [-0.3, -0.25) is 0 Å². The van der Waals surface area contributed by atoms with Crippen molar-refractivity contribution in [3.63, 3.8) is 0 Å². The monoisotopic (exact) mass is 233 g/mol. The average Bonchev–Trinajstić information content (AvgIpc) is 2.38. The highest BCUT2D eigenvalue weighted by Gasteiger charge is 2.25. The first-order chi connectivity index (χ1) is 8.24. The summed E-state index contributed by atoms with van der Waals surface area (Å²) in [6.45, 7) is 2.48. The lowest BCUT2D eigenvalue weighted by molar-refractivity contribution is 0.280. The molecule has 1 fully saturated rings. The molecule has 0 radical (unpaired) electrons. The number of nitrogens with zero attached hydrogens (tertiary/aromatic N) is 1. The van der Waals surface area contributed by atoms with Gasteiger partial charge in [-0.1, -0.05) is 38.0 Å². The fourth-order valence-electron chi connectivity index (χ4n) is 3.04. The van der Waals surface area contributed by atoms with Crippen LogP contribution in [-0.2, 0) is 6.61 Å². The molecule has 2 nitrogen and oxygen atoms in total. The lowest BCUT2D eigenvalue weighted by atomic mass is 9.84. The van der Waals surface area contributed by atoms with Crippen LogP contribution in [0.25, 0.3) is 0 Å². The van der Waals surface area contributed by atoms with Crippen LogP contribution in [0.3, 0.4) is 0 Å². The number of rotatable bonds is 3. The summed E-state index contributed by atoms with van der Waals surface area (Å²) in [5, 5.41) is 9.40. The van der Waals surface area contributed by atoms with Crippen LogP contribution >= 0.6 is 0 Å². The van der Waals surface area contributed by atoms with Gasteiger partial charge in [0, 0.05) is 24.3 Å². The predicted molar refractivity (Wildman–Crippen MR) is 72.2 cm³/mol. The molecule has 2 unspecified atom stereocenters. The highest BCUT2D eigenvalue weighted by Crippen LogP contribution is 2.31. The van der Waals surface area contributed by atoms with E-state index in [9.17, 15) is 5.11 Å². The van der Waals surface area contributed by atoms with E-state index in [0.29, 0.717) is 6.04 Å². The maximum atomic E-state index is 9.40. The highest BCUT2D eigenvalue weighted by molar-refractivity contribution is 5.53. The molecule has 0 spiro atoms. The van der Waals surface area contributed by atoms with Gasteiger partial charge >= 0.3 is 0 Å². The molecule has 1 aromatic rings. The highest BCUT2D eigenvalue weighted by atomic mass is 16.3. The molecule has 1 N–H and O–H groups in total. The Morgan fingerprint density at radius 3 is 2.65 bits per heavy atom. The van der Waals surface area contributed by atoms with Gasteiger partial charge in [-0.05, 0) is 24.8 Å². The maximum Gasteiger partial charge on any atom is 0.0702 e. The first-order valence-electron chi connectivity index (χ1n) is 6.65. The third kappa shape index (κ3) is 2.63. The Balaban J connectivity index is 2.20. The van der Waals surface area contributed by atoms with Gasteiger partial charge in [0.05, 0.1) is 6.61 Å². The van der Waals surface area contributed by atoms with E-state index in [0.717, 1.165) is 11.5 Å². The number of para-hydroxylation sites is 1. The second-order valence-electron chi connectivity index (χ2n) is 5.23. The molecule has 94 valence electrons. The number of hydrogen-bond acceptors (Lipinski definition) is 2. The van der Waals surface area contributed by atoms with Crippen molar-refractivity contribution in [2.24, 2.45) is 5.92 Å². The SMILES string of the molecule is CC1CCCCC1N(C)c1ccccc1CO. The van der Waals surface area contributed by atoms with Gasteiger partial charge < -0.3 is 10.0 Å². The molecule has 2 heteroatoms. The quantitative estimate of drug-likeness (QED) is 0.866. The molecule has 0 aromatic heterocycles. The zero-order valence-electron chi connectivity index (χ0n) is 10.9. The Morgan fingerprint density at radius 2 is 1.94 bits per heavy atom. The molecule has 0 heterocycles. The van der Waals surface area contributed by atoms with Crippen LogP contribution in [0.1, 0.15) is 38.2 Å². The Kier molecular flexibility index (Phi) is 4.06. The van der Waals surface area contributed by atoms with Gasteiger partial charge in [0.25, 0.3) is 0 Å². The molecule has 0 amide bonds. The molecular formula is C15H23NO. The van der Waals surface area contributed by atoms with E-state index in [-0.39, 0.29) is 6.61 Å². The van der Waals surface area contributed by atoms with Crippen LogP contribution in [0, 0.1) is 5.92 Å². The Hall–Kier alpha value is -1.02. The summed E-state index contributed by atoms with van der Waals surface area (Å²) in [5.41, 5.74) is 2.22. The van der Waals surface area contributed by atoms with E-state index >= 15 is 0 Å². The molecule has 1 aromatic carbocycles. The van der Waals surface area contributed by atoms with Gasteiger partial charge in [-0.15, -0.1) is 0 Å². The van der Waals surface area contributed by atoms with E-state index < -0.39 is 0 Å². The molecule has 17 heavy (non-hydrogen) atoms. The zero-order valence-corrected chi connectivity index (χ0v) is 10.9. The van der Waals surface area contributed by atoms with Crippen molar-refractivity contribution in [2.75, 3.05) is 11.9 Å². The van der Waals surface area contributed by atoms with E-state index in [1.807, 2.05) is 12.1 Å². The number of benzene rings is 1. The average molecular weight is 233 g/mol. The number of aliphatic hydroxyl groups is 1. The minimum atomic E-state index is 0.127. The molecule has 2 rings (SSSR count). The smallest absolute Gasteiger partial charge is 0.0702 e. The zero-order chi connectivity index (χ0) is 12.3. The molecule has 0 bridgehead atoms. The molecule has 0 aliphatic heterocycles. The lowest BCUT2D eigenvalue weighted by Gasteiger charge is -2.38. The van der Waals surface area contributed by atoms with Crippen molar-refractivity contribution in [1.82, 2.24) is 0 Å². The summed E-state index contributed by atoms with van der Waals surface area (Å²) in [4.78, 5) is 2.37. The van der Waals surface area contributed by atoms with E-state index in [2.05, 4.69) is 31.0 Å². The maximum absolute atomic E-state index is 9.40. The first-order valence-corrected chi connectivity index (χ1v) is 6.65. The molecule has 2 atom stereocenters. The standard InChI is InChI=1S/C15H23NO/c1-12-7-3-5-9-14(12)16(2)15-10-6-4-8-13(15)11-17/h4,6,8,10,12,14,17H,3,5,7,9,11H2,1-2H3. The second-order valence-corrected chi connectivity index (χ2v) is 5.23. The van der Waals surface area contributed by atoms with Crippen molar-refractivity contribution >= 4 is 5.69 Å². The summed E-state index contributed by atoms with van der Waals surface area (Å²) in [6.07, 6.45) is 5.31. The van der Waals surface area contributed by atoms with E-state index in [1.54, 1.807) is 0 Å². The second kappa shape index (κ2) is 5.54. The summed E-state index contributed by atoms with van der Waals surface area (Å²) < 4.78 is 0. The largest absolute Gasteiger partial charge is 0.392 e. The lowest BCUT2D eigenvalue weighted by Crippen LogP contribution is -2.39.